The van der Waals surface area contributed by atoms with Crippen molar-refractivity contribution >= 4 is 15.9 Å². The average Bonchev–Trinajstić information content (AvgIpc) is 2.93. The van der Waals surface area contributed by atoms with Crippen molar-refractivity contribution in [2.24, 2.45) is 13.0 Å². The Morgan fingerprint density at radius 1 is 1.27 bits per heavy atom. The van der Waals surface area contributed by atoms with Gasteiger partial charge in [-0.05, 0) is 47.8 Å². The fourth-order valence-corrected chi connectivity index (χ4v) is 2.73. The standard InChI is InChI=1S/C14H19BrN6O/c1-20-10-18-19-13(20)8-21-4-2-11(3-5-21)9-22-14-16-6-12(15)7-17-14/h6-7,10-11H,2-5,8-9H2,1H3. The Kier molecular flexibility index (Phi) is 4.99. The lowest BCUT2D eigenvalue weighted by molar-refractivity contribution is 0.129. The fourth-order valence-electron chi connectivity index (χ4n) is 2.53. The average molecular weight is 367 g/mol. The van der Waals surface area contributed by atoms with E-state index in [9.17, 15) is 0 Å². The summed E-state index contributed by atoms with van der Waals surface area (Å²) < 4.78 is 8.50. The van der Waals surface area contributed by atoms with E-state index in [4.69, 9.17) is 4.74 Å². The van der Waals surface area contributed by atoms with Gasteiger partial charge in [0.2, 0.25) is 0 Å². The van der Waals surface area contributed by atoms with Gasteiger partial charge in [-0.3, -0.25) is 4.90 Å². The van der Waals surface area contributed by atoms with Gasteiger partial charge >= 0.3 is 6.01 Å². The molecule has 0 spiro atoms. The van der Waals surface area contributed by atoms with Crippen molar-refractivity contribution in [1.29, 1.82) is 0 Å². The van der Waals surface area contributed by atoms with Crippen LogP contribution in [-0.2, 0) is 13.6 Å². The number of aryl methyl sites for hydroxylation is 1. The van der Waals surface area contributed by atoms with Crippen molar-refractivity contribution in [3.63, 3.8) is 0 Å². The molecule has 0 radical (unpaired) electrons. The largest absolute Gasteiger partial charge is 0.463 e. The van der Waals surface area contributed by atoms with Gasteiger partial charge in [0, 0.05) is 19.4 Å². The van der Waals surface area contributed by atoms with Crippen molar-refractivity contribution in [2.45, 2.75) is 19.4 Å². The Balaban J connectivity index is 1.42. The maximum atomic E-state index is 5.67. The minimum atomic E-state index is 0.449. The summed E-state index contributed by atoms with van der Waals surface area (Å²) in [5.41, 5.74) is 0. The van der Waals surface area contributed by atoms with Crippen molar-refractivity contribution in [3.05, 3.63) is 29.0 Å². The number of aromatic nitrogens is 5. The lowest BCUT2D eigenvalue weighted by Gasteiger charge is -2.31. The molecule has 0 aliphatic carbocycles. The molecule has 2 aromatic heterocycles. The second kappa shape index (κ2) is 7.15. The molecule has 8 heteroatoms. The zero-order valence-electron chi connectivity index (χ0n) is 12.5. The highest BCUT2D eigenvalue weighted by atomic mass is 79.9. The summed E-state index contributed by atoms with van der Waals surface area (Å²) in [5.74, 6) is 1.57. The third-order valence-corrected chi connectivity index (χ3v) is 4.33. The number of rotatable bonds is 5. The number of hydrogen-bond acceptors (Lipinski definition) is 6. The zero-order valence-corrected chi connectivity index (χ0v) is 14.1. The molecule has 0 bridgehead atoms. The molecule has 7 nitrogen and oxygen atoms in total. The van der Waals surface area contributed by atoms with Gasteiger partial charge in [0.15, 0.2) is 0 Å². The number of hydrogen-bond donors (Lipinski definition) is 0. The normalized spacial score (nSPS) is 16.8. The highest BCUT2D eigenvalue weighted by molar-refractivity contribution is 9.10. The smallest absolute Gasteiger partial charge is 0.316 e. The highest BCUT2D eigenvalue weighted by Crippen LogP contribution is 2.19. The van der Waals surface area contributed by atoms with E-state index in [0.717, 1.165) is 42.8 Å². The molecule has 1 aliphatic heterocycles. The van der Waals surface area contributed by atoms with Crippen LogP contribution in [0.3, 0.4) is 0 Å². The van der Waals surface area contributed by atoms with Crippen LogP contribution in [0.5, 0.6) is 6.01 Å². The van der Waals surface area contributed by atoms with Crippen LogP contribution in [0.4, 0.5) is 0 Å². The molecule has 118 valence electrons. The van der Waals surface area contributed by atoms with Gasteiger partial charge < -0.3 is 9.30 Å². The Bertz CT molecular complexity index is 594. The van der Waals surface area contributed by atoms with Crippen molar-refractivity contribution in [3.8, 4) is 6.01 Å². The third-order valence-electron chi connectivity index (χ3n) is 3.92. The molecule has 2 aromatic rings. The SMILES string of the molecule is Cn1cnnc1CN1CCC(COc2ncc(Br)cn2)CC1. The Hall–Kier alpha value is -1.54. The van der Waals surface area contributed by atoms with Crippen LogP contribution >= 0.6 is 15.9 Å². The number of likely N-dealkylation sites (tertiary alicyclic amines) is 1. The van der Waals surface area contributed by atoms with Crippen LogP contribution in [-0.4, -0.2) is 49.3 Å². The maximum Gasteiger partial charge on any atom is 0.316 e. The van der Waals surface area contributed by atoms with E-state index < -0.39 is 0 Å². The van der Waals surface area contributed by atoms with Crippen LogP contribution in [0.1, 0.15) is 18.7 Å². The van der Waals surface area contributed by atoms with E-state index in [-0.39, 0.29) is 0 Å². The first-order valence-electron chi connectivity index (χ1n) is 7.36. The predicted molar refractivity (Wildman–Crippen MR) is 84.2 cm³/mol. The van der Waals surface area contributed by atoms with E-state index in [0.29, 0.717) is 18.5 Å². The highest BCUT2D eigenvalue weighted by Gasteiger charge is 2.21. The summed E-state index contributed by atoms with van der Waals surface area (Å²) >= 11 is 3.31. The number of ether oxygens (including phenoxy) is 1. The molecule has 3 heterocycles. The van der Waals surface area contributed by atoms with Gasteiger partial charge in [0.1, 0.15) is 12.2 Å². The molecule has 0 saturated carbocycles. The minimum Gasteiger partial charge on any atom is -0.463 e. The second-order valence-corrected chi connectivity index (χ2v) is 6.49. The molecular weight excluding hydrogens is 348 g/mol. The van der Waals surface area contributed by atoms with Gasteiger partial charge in [0.25, 0.3) is 0 Å². The predicted octanol–water partition coefficient (Wildman–Crippen LogP) is 1.66. The Labute approximate surface area is 137 Å². The number of nitrogens with zero attached hydrogens (tertiary/aromatic N) is 6. The summed E-state index contributed by atoms with van der Waals surface area (Å²) in [6, 6.07) is 0.449. The summed E-state index contributed by atoms with van der Waals surface area (Å²) in [4.78, 5) is 10.7. The molecule has 0 amide bonds. The van der Waals surface area contributed by atoms with E-state index in [2.05, 4.69) is 41.0 Å². The Morgan fingerprint density at radius 3 is 2.64 bits per heavy atom. The Morgan fingerprint density at radius 2 is 2.00 bits per heavy atom. The second-order valence-electron chi connectivity index (χ2n) is 5.57. The molecule has 0 N–H and O–H groups in total. The zero-order chi connectivity index (χ0) is 15.4. The van der Waals surface area contributed by atoms with Crippen molar-refractivity contribution in [1.82, 2.24) is 29.6 Å². The monoisotopic (exact) mass is 366 g/mol. The van der Waals surface area contributed by atoms with Gasteiger partial charge in [-0.1, -0.05) is 0 Å². The van der Waals surface area contributed by atoms with E-state index in [1.54, 1.807) is 18.7 Å². The lowest BCUT2D eigenvalue weighted by atomic mass is 9.98. The summed E-state index contributed by atoms with van der Waals surface area (Å²) in [6.45, 7) is 3.66. The summed E-state index contributed by atoms with van der Waals surface area (Å²) in [5, 5.41) is 8.06. The van der Waals surface area contributed by atoms with Gasteiger partial charge in [0.05, 0.1) is 17.6 Å². The summed E-state index contributed by atoms with van der Waals surface area (Å²) in [7, 11) is 1.98. The summed E-state index contributed by atoms with van der Waals surface area (Å²) in [6.07, 6.45) is 7.38. The van der Waals surface area contributed by atoms with Gasteiger partial charge in [-0.15, -0.1) is 10.2 Å². The van der Waals surface area contributed by atoms with Crippen LogP contribution in [0.25, 0.3) is 0 Å². The first-order valence-corrected chi connectivity index (χ1v) is 8.15. The number of halogens is 1. The molecule has 1 saturated heterocycles. The molecule has 0 atom stereocenters. The van der Waals surface area contributed by atoms with E-state index >= 15 is 0 Å². The van der Waals surface area contributed by atoms with Gasteiger partial charge in [-0.25, -0.2) is 9.97 Å². The topological polar surface area (TPSA) is 69.0 Å². The number of piperidine rings is 1. The maximum absolute atomic E-state index is 5.67. The van der Waals surface area contributed by atoms with Crippen LogP contribution in [0.15, 0.2) is 23.2 Å². The van der Waals surface area contributed by atoms with E-state index in [1.807, 2.05) is 11.6 Å². The lowest BCUT2D eigenvalue weighted by Crippen LogP contribution is -2.35. The van der Waals surface area contributed by atoms with Crippen LogP contribution in [0.2, 0.25) is 0 Å². The van der Waals surface area contributed by atoms with Crippen LogP contribution < -0.4 is 4.74 Å². The quantitative estimate of drug-likeness (QED) is 0.801. The first-order chi connectivity index (χ1) is 10.7. The minimum absolute atomic E-state index is 0.449. The van der Waals surface area contributed by atoms with E-state index in [1.165, 1.54) is 0 Å². The molecule has 1 aliphatic rings. The molecule has 22 heavy (non-hydrogen) atoms. The molecular formula is C14H19BrN6O. The molecule has 0 unspecified atom stereocenters. The van der Waals surface area contributed by atoms with Crippen molar-refractivity contribution < 1.29 is 4.74 Å². The van der Waals surface area contributed by atoms with Crippen molar-refractivity contribution in [2.75, 3.05) is 19.7 Å². The molecule has 3 rings (SSSR count). The first kappa shape index (κ1) is 15.4. The molecule has 0 aromatic carbocycles. The van der Waals surface area contributed by atoms with Crippen LogP contribution in [0, 0.1) is 5.92 Å². The third kappa shape index (κ3) is 4.01. The molecule has 1 fully saturated rings. The fraction of sp³-hybridized carbons (Fsp3) is 0.571. The van der Waals surface area contributed by atoms with Gasteiger partial charge in [-0.2, -0.15) is 0 Å².